The van der Waals surface area contributed by atoms with Crippen molar-refractivity contribution in [2.24, 2.45) is 11.8 Å². The molecule has 24 heavy (non-hydrogen) atoms. The molecule has 1 saturated carbocycles. The van der Waals surface area contributed by atoms with Crippen molar-refractivity contribution in [1.82, 2.24) is 15.1 Å². The Morgan fingerprint density at radius 2 is 1.83 bits per heavy atom. The minimum atomic E-state index is -0.669. The predicted octanol–water partition coefficient (Wildman–Crippen LogP) is 0.993. The van der Waals surface area contributed by atoms with Crippen LogP contribution in [0.5, 0.6) is 0 Å². The van der Waals surface area contributed by atoms with E-state index < -0.39 is 6.04 Å². The van der Waals surface area contributed by atoms with Crippen LogP contribution in [0.4, 0.5) is 0 Å². The summed E-state index contributed by atoms with van der Waals surface area (Å²) in [6, 6.07) is -0.669. The molecule has 0 aromatic rings. The van der Waals surface area contributed by atoms with Gasteiger partial charge < -0.3 is 10.2 Å². The van der Waals surface area contributed by atoms with Gasteiger partial charge in [-0.25, -0.2) is 0 Å². The molecule has 0 radical (unpaired) electrons. The van der Waals surface area contributed by atoms with Crippen molar-refractivity contribution in [1.29, 1.82) is 0 Å². The van der Waals surface area contributed by atoms with Crippen molar-refractivity contribution in [3.63, 3.8) is 0 Å². The molecule has 2 aliphatic rings. The van der Waals surface area contributed by atoms with Crippen LogP contribution in [0.25, 0.3) is 0 Å². The monoisotopic (exact) mass is 377 g/mol. The van der Waals surface area contributed by atoms with Gasteiger partial charge >= 0.3 is 0 Å². The number of carbonyl (C=O) groups excluding carboxylic acids is 3. The Morgan fingerprint density at radius 3 is 2.29 bits per heavy atom. The fraction of sp³-hybridized carbons (Fsp3) is 0.812. The second-order valence-electron chi connectivity index (χ2n) is 6.38. The second-order valence-corrected chi connectivity index (χ2v) is 7.29. The number of nitrogens with zero attached hydrogens (tertiary/aromatic N) is 2. The average Bonchev–Trinajstić information content (AvgIpc) is 2.81. The summed E-state index contributed by atoms with van der Waals surface area (Å²) in [5.74, 6) is -0.343. The molecule has 3 atom stereocenters. The molecule has 1 aliphatic carbocycles. The molecule has 138 valence electrons. The maximum atomic E-state index is 12.8. The van der Waals surface area contributed by atoms with Crippen molar-refractivity contribution < 1.29 is 14.4 Å². The molecule has 2 fully saturated rings. The Labute approximate surface area is 154 Å². The van der Waals surface area contributed by atoms with E-state index in [-0.39, 0.29) is 42.0 Å². The normalized spacial score (nSPS) is 24.4. The van der Waals surface area contributed by atoms with Crippen LogP contribution in [0, 0.1) is 11.8 Å². The Hall–Kier alpha value is -0.790. The van der Waals surface area contributed by atoms with Gasteiger partial charge in [-0.15, -0.1) is 12.4 Å². The van der Waals surface area contributed by atoms with Crippen LogP contribution in [0.15, 0.2) is 0 Å². The van der Waals surface area contributed by atoms with Crippen molar-refractivity contribution in [2.75, 3.05) is 39.2 Å². The summed E-state index contributed by atoms with van der Waals surface area (Å²) in [4.78, 5) is 41.1. The summed E-state index contributed by atoms with van der Waals surface area (Å²) >= 11 is 1.49. The van der Waals surface area contributed by atoms with E-state index in [4.69, 9.17) is 0 Å². The molecule has 3 unspecified atom stereocenters. The number of amides is 3. The Bertz CT molecular complexity index is 453. The SMILES string of the molecule is CNCCN(C)C(=O)C(CSC)N1C(=O)C2CCCCC2C1=O.Cl. The molecule has 0 aromatic carbocycles. The van der Waals surface area contributed by atoms with E-state index in [2.05, 4.69) is 5.32 Å². The second kappa shape index (κ2) is 9.63. The number of halogens is 1. The number of hydrogen-bond donors (Lipinski definition) is 1. The van der Waals surface area contributed by atoms with E-state index in [1.54, 1.807) is 11.9 Å². The third-order valence-corrected chi connectivity index (χ3v) is 5.52. The molecule has 6 nitrogen and oxygen atoms in total. The number of imide groups is 1. The van der Waals surface area contributed by atoms with E-state index in [0.717, 1.165) is 25.7 Å². The lowest BCUT2D eigenvalue weighted by atomic mass is 9.81. The summed E-state index contributed by atoms with van der Waals surface area (Å²) in [6.07, 6.45) is 5.45. The first-order valence-corrected chi connectivity index (χ1v) is 9.67. The van der Waals surface area contributed by atoms with Gasteiger partial charge in [-0.05, 0) is 26.1 Å². The number of nitrogens with one attached hydrogen (secondary N) is 1. The first-order chi connectivity index (χ1) is 11.0. The zero-order valence-corrected chi connectivity index (χ0v) is 16.3. The maximum Gasteiger partial charge on any atom is 0.246 e. The van der Waals surface area contributed by atoms with Gasteiger partial charge in [0.05, 0.1) is 11.8 Å². The maximum absolute atomic E-state index is 12.8. The zero-order chi connectivity index (χ0) is 17.0. The molecule has 0 bridgehead atoms. The largest absolute Gasteiger partial charge is 0.343 e. The first kappa shape index (κ1) is 21.3. The lowest BCUT2D eigenvalue weighted by Crippen LogP contribution is -2.52. The highest BCUT2D eigenvalue weighted by molar-refractivity contribution is 7.98. The highest BCUT2D eigenvalue weighted by Gasteiger charge is 2.51. The van der Waals surface area contributed by atoms with E-state index in [0.29, 0.717) is 18.8 Å². The smallest absolute Gasteiger partial charge is 0.246 e. The molecule has 1 aliphatic heterocycles. The molecule has 3 amide bonds. The minimum absolute atomic E-state index is 0. The van der Waals surface area contributed by atoms with Gasteiger partial charge in [0.15, 0.2) is 0 Å². The van der Waals surface area contributed by atoms with Gasteiger partial charge in [-0.2, -0.15) is 11.8 Å². The Morgan fingerprint density at radius 1 is 1.29 bits per heavy atom. The first-order valence-electron chi connectivity index (χ1n) is 8.28. The molecule has 1 N–H and O–H groups in total. The topological polar surface area (TPSA) is 69.7 Å². The van der Waals surface area contributed by atoms with Crippen LogP contribution in [0.3, 0.4) is 0 Å². The van der Waals surface area contributed by atoms with Gasteiger partial charge in [-0.3, -0.25) is 19.3 Å². The predicted molar refractivity (Wildman–Crippen MR) is 98.3 cm³/mol. The van der Waals surface area contributed by atoms with Gasteiger partial charge in [0.2, 0.25) is 17.7 Å². The number of carbonyl (C=O) groups is 3. The van der Waals surface area contributed by atoms with E-state index in [1.165, 1.54) is 16.7 Å². The van der Waals surface area contributed by atoms with Crippen LogP contribution in [0.2, 0.25) is 0 Å². The average molecular weight is 378 g/mol. The van der Waals surface area contributed by atoms with Crippen LogP contribution in [0.1, 0.15) is 25.7 Å². The molecule has 1 saturated heterocycles. The number of thioether (sulfide) groups is 1. The van der Waals surface area contributed by atoms with E-state index in [1.807, 2.05) is 13.3 Å². The number of fused-ring (bicyclic) bond motifs is 1. The van der Waals surface area contributed by atoms with Crippen LogP contribution in [-0.2, 0) is 14.4 Å². The standard InChI is InChI=1S/C16H27N3O3S.ClH/c1-17-8-9-18(2)16(22)13(10-23-3)19-14(20)11-6-4-5-7-12(11)15(19)21;/h11-13,17H,4-10H2,1-3H3;1H. The third-order valence-electron chi connectivity index (χ3n) is 4.87. The molecule has 0 aromatic heterocycles. The fourth-order valence-corrected chi connectivity index (χ4v) is 4.16. The quantitative estimate of drug-likeness (QED) is 0.670. The van der Waals surface area contributed by atoms with Gasteiger partial charge in [-0.1, -0.05) is 12.8 Å². The number of hydrogen-bond acceptors (Lipinski definition) is 5. The molecular weight excluding hydrogens is 350 g/mol. The summed E-state index contributed by atoms with van der Waals surface area (Å²) in [6.45, 7) is 1.24. The van der Waals surface area contributed by atoms with Crippen LogP contribution in [-0.4, -0.2) is 72.8 Å². The van der Waals surface area contributed by atoms with E-state index in [9.17, 15) is 14.4 Å². The Kier molecular flexibility index (Phi) is 8.53. The van der Waals surface area contributed by atoms with Crippen LogP contribution < -0.4 is 5.32 Å². The molecule has 1 heterocycles. The van der Waals surface area contributed by atoms with Crippen LogP contribution >= 0.6 is 24.2 Å². The molecule has 8 heteroatoms. The fourth-order valence-electron chi connectivity index (χ4n) is 3.55. The molecule has 2 rings (SSSR count). The zero-order valence-electron chi connectivity index (χ0n) is 14.6. The molecular formula is C16H28ClN3O3S. The number of likely N-dealkylation sites (tertiary alicyclic amines) is 1. The summed E-state index contributed by atoms with van der Waals surface area (Å²) in [5.41, 5.74) is 0. The van der Waals surface area contributed by atoms with Gasteiger partial charge in [0.1, 0.15) is 6.04 Å². The summed E-state index contributed by atoms with van der Waals surface area (Å²) < 4.78 is 0. The number of rotatable bonds is 7. The summed E-state index contributed by atoms with van der Waals surface area (Å²) in [7, 11) is 3.56. The minimum Gasteiger partial charge on any atom is -0.343 e. The van der Waals surface area contributed by atoms with Crippen molar-refractivity contribution in [3.8, 4) is 0 Å². The third kappa shape index (κ3) is 4.24. The van der Waals surface area contributed by atoms with Gasteiger partial charge in [0.25, 0.3) is 0 Å². The lowest BCUT2D eigenvalue weighted by Gasteiger charge is -2.29. The van der Waals surface area contributed by atoms with Crippen molar-refractivity contribution in [3.05, 3.63) is 0 Å². The Balaban J connectivity index is 0.00000288. The van der Waals surface area contributed by atoms with Crippen molar-refractivity contribution >= 4 is 41.9 Å². The number of likely N-dealkylation sites (N-methyl/N-ethyl adjacent to an activating group) is 2. The van der Waals surface area contributed by atoms with Crippen molar-refractivity contribution in [2.45, 2.75) is 31.7 Å². The highest BCUT2D eigenvalue weighted by Crippen LogP contribution is 2.39. The molecule has 0 spiro atoms. The van der Waals surface area contributed by atoms with E-state index >= 15 is 0 Å². The van der Waals surface area contributed by atoms with Gasteiger partial charge in [0, 0.05) is 25.9 Å². The lowest BCUT2D eigenvalue weighted by molar-refractivity contribution is -0.150. The highest BCUT2D eigenvalue weighted by atomic mass is 35.5. The summed E-state index contributed by atoms with van der Waals surface area (Å²) in [5, 5.41) is 3.01.